The predicted molar refractivity (Wildman–Crippen MR) is 105 cm³/mol. The standard InChI is InChI=1S/C21H23F3N4O5/c22-21(23,24)32-15-3-1-13(2-4-15)12-28-16(5-6-18(28)29)20-26-17(27-33-20)11-25-19(30)14-7-9-31-10-8-14/h1-4,14,16H,5-12H2,(H,25,30)/t16-/m0/s1. The lowest BCUT2D eigenvalue weighted by atomic mass is 9.99. The molecule has 4 rings (SSSR count). The summed E-state index contributed by atoms with van der Waals surface area (Å²) in [4.78, 5) is 30.6. The Morgan fingerprint density at radius 1 is 1.18 bits per heavy atom. The number of nitrogens with one attached hydrogen (secondary N) is 1. The molecule has 178 valence electrons. The molecule has 2 amide bonds. The molecule has 1 aromatic heterocycles. The number of halogens is 3. The molecule has 1 aromatic carbocycles. The van der Waals surface area contributed by atoms with Crippen molar-refractivity contribution in [3.05, 3.63) is 41.5 Å². The largest absolute Gasteiger partial charge is 0.573 e. The first-order valence-electron chi connectivity index (χ1n) is 10.6. The van der Waals surface area contributed by atoms with Gasteiger partial charge in [-0.3, -0.25) is 9.59 Å². The average molecular weight is 468 g/mol. The molecule has 33 heavy (non-hydrogen) atoms. The van der Waals surface area contributed by atoms with Crippen molar-refractivity contribution in [1.29, 1.82) is 0 Å². The van der Waals surface area contributed by atoms with Gasteiger partial charge in [-0.2, -0.15) is 4.98 Å². The van der Waals surface area contributed by atoms with Gasteiger partial charge in [0.25, 0.3) is 0 Å². The van der Waals surface area contributed by atoms with Gasteiger partial charge >= 0.3 is 6.36 Å². The molecule has 0 unspecified atom stereocenters. The van der Waals surface area contributed by atoms with Gasteiger partial charge in [-0.1, -0.05) is 17.3 Å². The molecule has 3 heterocycles. The van der Waals surface area contributed by atoms with E-state index in [2.05, 4.69) is 20.2 Å². The first-order valence-corrected chi connectivity index (χ1v) is 10.6. The Hall–Kier alpha value is -3.15. The molecule has 12 heteroatoms. The summed E-state index contributed by atoms with van der Waals surface area (Å²) >= 11 is 0. The SMILES string of the molecule is O=C(NCc1noc([C@@H]2CCC(=O)N2Cc2ccc(OC(F)(F)F)cc2)n1)C1CCOCC1. The van der Waals surface area contributed by atoms with Crippen LogP contribution in [0.1, 0.15) is 49.0 Å². The number of ether oxygens (including phenoxy) is 2. The summed E-state index contributed by atoms with van der Waals surface area (Å²) in [6, 6.07) is 4.88. The summed E-state index contributed by atoms with van der Waals surface area (Å²) < 4.78 is 51.5. The van der Waals surface area contributed by atoms with Gasteiger partial charge < -0.3 is 24.2 Å². The molecule has 9 nitrogen and oxygen atoms in total. The zero-order valence-corrected chi connectivity index (χ0v) is 17.6. The van der Waals surface area contributed by atoms with E-state index in [0.717, 1.165) is 0 Å². The minimum atomic E-state index is -4.77. The summed E-state index contributed by atoms with van der Waals surface area (Å²) in [5.41, 5.74) is 0.633. The third kappa shape index (κ3) is 6.01. The van der Waals surface area contributed by atoms with E-state index in [1.165, 1.54) is 24.3 Å². The molecule has 0 bridgehead atoms. The summed E-state index contributed by atoms with van der Waals surface area (Å²) in [7, 11) is 0. The van der Waals surface area contributed by atoms with Crippen LogP contribution in [0.15, 0.2) is 28.8 Å². The highest BCUT2D eigenvalue weighted by Crippen LogP contribution is 2.33. The molecular formula is C21H23F3N4O5. The maximum atomic E-state index is 12.4. The molecule has 0 spiro atoms. The average Bonchev–Trinajstić information content (AvgIpc) is 3.40. The van der Waals surface area contributed by atoms with Crippen LogP contribution in [0.3, 0.4) is 0 Å². The highest BCUT2D eigenvalue weighted by atomic mass is 19.4. The van der Waals surface area contributed by atoms with Crippen LogP contribution in [0.25, 0.3) is 0 Å². The maximum absolute atomic E-state index is 12.4. The van der Waals surface area contributed by atoms with Crippen LogP contribution in [0.4, 0.5) is 13.2 Å². The Bertz CT molecular complexity index is 973. The Labute approximate surface area is 187 Å². The van der Waals surface area contributed by atoms with E-state index in [0.29, 0.717) is 43.9 Å². The van der Waals surface area contributed by atoms with Crippen molar-refractivity contribution < 1.29 is 36.8 Å². The number of carbonyl (C=O) groups is 2. The maximum Gasteiger partial charge on any atom is 0.573 e. The fourth-order valence-electron chi connectivity index (χ4n) is 3.93. The van der Waals surface area contributed by atoms with Crippen molar-refractivity contribution in [3.63, 3.8) is 0 Å². The second-order valence-corrected chi connectivity index (χ2v) is 7.92. The minimum Gasteiger partial charge on any atom is -0.406 e. The van der Waals surface area contributed by atoms with Crippen molar-refractivity contribution in [2.75, 3.05) is 13.2 Å². The number of hydrogen-bond acceptors (Lipinski definition) is 7. The van der Waals surface area contributed by atoms with Crippen molar-refractivity contribution in [2.45, 2.75) is 51.2 Å². The van der Waals surface area contributed by atoms with Crippen molar-refractivity contribution in [3.8, 4) is 5.75 Å². The van der Waals surface area contributed by atoms with E-state index in [9.17, 15) is 22.8 Å². The van der Waals surface area contributed by atoms with Crippen LogP contribution in [0.5, 0.6) is 5.75 Å². The number of alkyl halides is 3. The van der Waals surface area contributed by atoms with Crippen LogP contribution in [0, 0.1) is 5.92 Å². The second-order valence-electron chi connectivity index (χ2n) is 7.92. The Morgan fingerprint density at radius 3 is 2.61 bits per heavy atom. The summed E-state index contributed by atoms with van der Waals surface area (Å²) in [5, 5.41) is 6.71. The van der Waals surface area contributed by atoms with Crippen LogP contribution in [-0.4, -0.2) is 46.4 Å². The molecule has 2 aliphatic heterocycles. The van der Waals surface area contributed by atoms with Crippen LogP contribution in [0.2, 0.25) is 0 Å². The molecule has 0 saturated carbocycles. The second kappa shape index (κ2) is 9.77. The molecule has 0 aliphatic carbocycles. The summed E-state index contributed by atoms with van der Waals surface area (Å²) in [6.45, 7) is 1.41. The van der Waals surface area contributed by atoms with Gasteiger partial charge in [0, 0.05) is 32.1 Å². The minimum absolute atomic E-state index is 0.0831. The van der Waals surface area contributed by atoms with E-state index in [4.69, 9.17) is 9.26 Å². The van der Waals surface area contributed by atoms with Gasteiger partial charge in [0.05, 0.1) is 6.54 Å². The number of likely N-dealkylation sites (tertiary alicyclic amines) is 1. The number of nitrogens with zero attached hydrogens (tertiary/aromatic N) is 3. The van der Waals surface area contributed by atoms with Crippen molar-refractivity contribution >= 4 is 11.8 Å². The van der Waals surface area contributed by atoms with Gasteiger partial charge in [0.1, 0.15) is 11.8 Å². The molecule has 1 atom stereocenters. The van der Waals surface area contributed by atoms with Crippen molar-refractivity contribution in [2.24, 2.45) is 5.92 Å². The van der Waals surface area contributed by atoms with Crippen LogP contribution >= 0.6 is 0 Å². The third-order valence-electron chi connectivity index (χ3n) is 5.62. The Kier molecular flexibility index (Phi) is 6.82. The quantitative estimate of drug-likeness (QED) is 0.666. The van der Waals surface area contributed by atoms with Crippen molar-refractivity contribution in [1.82, 2.24) is 20.4 Å². The predicted octanol–water partition coefficient (Wildman–Crippen LogP) is 2.87. The van der Waals surface area contributed by atoms with E-state index in [1.54, 1.807) is 4.90 Å². The zero-order valence-electron chi connectivity index (χ0n) is 17.6. The van der Waals surface area contributed by atoms with E-state index >= 15 is 0 Å². The molecule has 2 fully saturated rings. The highest BCUT2D eigenvalue weighted by molar-refractivity contribution is 5.79. The molecule has 2 saturated heterocycles. The lowest BCUT2D eigenvalue weighted by Gasteiger charge is -2.22. The number of hydrogen-bond donors (Lipinski definition) is 1. The molecule has 2 aromatic rings. The third-order valence-corrected chi connectivity index (χ3v) is 5.62. The Balaban J connectivity index is 1.36. The summed E-state index contributed by atoms with van der Waals surface area (Å²) in [6.07, 6.45) is -2.66. The van der Waals surface area contributed by atoms with Crippen LogP contribution in [-0.2, 0) is 27.4 Å². The highest BCUT2D eigenvalue weighted by Gasteiger charge is 2.36. The number of amides is 2. The topological polar surface area (TPSA) is 107 Å². The smallest absolute Gasteiger partial charge is 0.406 e. The van der Waals surface area contributed by atoms with Gasteiger partial charge in [-0.15, -0.1) is 13.2 Å². The first-order chi connectivity index (χ1) is 15.8. The molecular weight excluding hydrogens is 445 g/mol. The van der Waals surface area contributed by atoms with Gasteiger partial charge in [0.2, 0.25) is 17.7 Å². The van der Waals surface area contributed by atoms with E-state index in [1.807, 2.05) is 0 Å². The molecule has 0 radical (unpaired) electrons. The lowest BCUT2D eigenvalue weighted by Crippen LogP contribution is -2.34. The number of carbonyl (C=O) groups excluding carboxylic acids is 2. The number of rotatable bonds is 7. The lowest BCUT2D eigenvalue weighted by molar-refractivity contribution is -0.274. The molecule has 2 aliphatic rings. The number of benzene rings is 1. The van der Waals surface area contributed by atoms with Crippen LogP contribution < -0.4 is 10.1 Å². The van der Waals surface area contributed by atoms with Gasteiger partial charge in [-0.25, -0.2) is 0 Å². The van der Waals surface area contributed by atoms with Gasteiger partial charge in [0.15, 0.2) is 5.82 Å². The zero-order chi connectivity index (χ0) is 23.4. The number of aromatic nitrogens is 2. The summed E-state index contributed by atoms with van der Waals surface area (Å²) in [5.74, 6) is -0.0733. The van der Waals surface area contributed by atoms with Gasteiger partial charge in [-0.05, 0) is 37.0 Å². The van der Waals surface area contributed by atoms with E-state index in [-0.39, 0.29) is 48.9 Å². The Morgan fingerprint density at radius 2 is 1.91 bits per heavy atom. The normalized spacial score (nSPS) is 19.7. The fraction of sp³-hybridized carbons (Fsp3) is 0.524. The monoisotopic (exact) mass is 468 g/mol. The first kappa shape index (κ1) is 23.0. The fourth-order valence-corrected chi connectivity index (χ4v) is 3.93. The van der Waals surface area contributed by atoms with E-state index < -0.39 is 12.4 Å². The molecule has 1 N–H and O–H groups in total.